The second kappa shape index (κ2) is 8.93. The standard InChI is InChI=1S/C20H15Cl2N3O5S/c1-12-18(6-3-7-19(12)25(27)28)23-20(26)13-4-2-5-14(10-13)24-31(29,30)15-8-9-16(21)17(22)11-15/h2-11,24H,1H3,(H,23,26). The molecule has 0 aliphatic rings. The molecule has 0 bridgehead atoms. The van der Waals surface area contributed by atoms with Gasteiger partial charge in [0.1, 0.15) is 0 Å². The van der Waals surface area contributed by atoms with Gasteiger partial charge in [0, 0.05) is 17.3 Å². The third kappa shape index (κ3) is 5.13. The van der Waals surface area contributed by atoms with E-state index in [2.05, 4.69) is 10.0 Å². The summed E-state index contributed by atoms with van der Waals surface area (Å²) >= 11 is 11.7. The Labute approximate surface area is 188 Å². The predicted octanol–water partition coefficient (Wildman–Crippen LogP) is 5.26. The Balaban J connectivity index is 1.83. The van der Waals surface area contributed by atoms with Gasteiger partial charge in [0.05, 0.1) is 31.1 Å². The van der Waals surface area contributed by atoms with Gasteiger partial charge in [-0.1, -0.05) is 35.3 Å². The first-order chi connectivity index (χ1) is 14.6. The summed E-state index contributed by atoms with van der Waals surface area (Å²) in [5.41, 5.74) is 0.758. The third-order valence-electron chi connectivity index (χ3n) is 4.33. The zero-order valence-electron chi connectivity index (χ0n) is 15.9. The highest BCUT2D eigenvalue weighted by atomic mass is 35.5. The second-order valence-electron chi connectivity index (χ2n) is 6.42. The van der Waals surface area contributed by atoms with Crippen LogP contribution in [0.5, 0.6) is 0 Å². The number of nitrogens with zero attached hydrogens (tertiary/aromatic N) is 1. The van der Waals surface area contributed by atoms with Crippen molar-refractivity contribution in [2.45, 2.75) is 11.8 Å². The SMILES string of the molecule is Cc1c(NC(=O)c2cccc(NS(=O)(=O)c3ccc(Cl)c(Cl)c3)c2)cccc1[N+](=O)[O-]. The summed E-state index contributed by atoms with van der Waals surface area (Å²) in [6, 6.07) is 14.0. The predicted molar refractivity (Wildman–Crippen MR) is 119 cm³/mol. The maximum absolute atomic E-state index is 12.6. The molecular formula is C20H15Cl2N3O5S. The van der Waals surface area contributed by atoms with Crippen molar-refractivity contribution >= 4 is 56.2 Å². The number of nitro groups is 1. The molecule has 0 atom stereocenters. The summed E-state index contributed by atoms with van der Waals surface area (Å²) in [5.74, 6) is -0.556. The van der Waals surface area contributed by atoms with Crippen LogP contribution < -0.4 is 10.0 Å². The number of rotatable bonds is 6. The zero-order chi connectivity index (χ0) is 22.8. The Kier molecular flexibility index (Phi) is 6.49. The molecule has 3 aromatic rings. The summed E-state index contributed by atoms with van der Waals surface area (Å²) in [5, 5.41) is 14.0. The number of halogens is 2. The smallest absolute Gasteiger partial charge is 0.274 e. The number of carbonyl (C=O) groups is 1. The molecule has 0 fully saturated rings. The Morgan fingerprint density at radius 3 is 2.39 bits per heavy atom. The lowest BCUT2D eigenvalue weighted by atomic mass is 10.1. The number of nitrogens with one attached hydrogen (secondary N) is 2. The largest absolute Gasteiger partial charge is 0.321 e. The molecule has 3 aromatic carbocycles. The molecule has 0 aromatic heterocycles. The number of anilines is 2. The van der Waals surface area contributed by atoms with Gasteiger partial charge in [-0.2, -0.15) is 0 Å². The van der Waals surface area contributed by atoms with Gasteiger partial charge in [0.2, 0.25) is 0 Å². The highest BCUT2D eigenvalue weighted by Gasteiger charge is 2.18. The first-order valence-corrected chi connectivity index (χ1v) is 11.0. The van der Waals surface area contributed by atoms with Crippen LogP contribution in [-0.4, -0.2) is 19.2 Å². The normalized spacial score (nSPS) is 11.1. The molecule has 3 rings (SSSR count). The minimum Gasteiger partial charge on any atom is -0.321 e. The van der Waals surface area contributed by atoms with Crippen molar-refractivity contribution < 1.29 is 18.1 Å². The van der Waals surface area contributed by atoms with E-state index in [1.165, 1.54) is 67.6 Å². The van der Waals surface area contributed by atoms with Crippen LogP contribution in [0.15, 0.2) is 65.6 Å². The number of carbonyl (C=O) groups excluding carboxylic acids is 1. The van der Waals surface area contributed by atoms with Crippen LogP contribution in [-0.2, 0) is 10.0 Å². The number of hydrogen-bond donors (Lipinski definition) is 2. The lowest BCUT2D eigenvalue weighted by molar-refractivity contribution is -0.385. The molecule has 160 valence electrons. The van der Waals surface area contributed by atoms with Crippen LogP contribution in [0.1, 0.15) is 15.9 Å². The maximum atomic E-state index is 12.6. The summed E-state index contributed by atoms with van der Waals surface area (Å²) in [4.78, 5) is 23.1. The minimum atomic E-state index is -3.98. The summed E-state index contributed by atoms with van der Waals surface area (Å²) in [7, 11) is -3.98. The van der Waals surface area contributed by atoms with E-state index in [0.717, 1.165) is 0 Å². The molecule has 0 aliphatic carbocycles. The van der Waals surface area contributed by atoms with Crippen LogP contribution in [0.4, 0.5) is 17.1 Å². The van der Waals surface area contributed by atoms with Crippen LogP contribution >= 0.6 is 23.2 Å². The van der Waals surface area contributed by atoms with Gasteiger partial charge >= 0.3 is 0 Å². The minimum absolute atomic E-state index is 0.0880. The van der Waals surface area contributed by atoms with Crippen molar-refractivity contribution in [2.24, 2.45) is 0 Å². The summed E-state index contributed by atoms with van der Waals surface area (Å²) in [6.07, 6.45) is 0. The van der Waals surface area contributed by atoms with Crippen molar-refractivity contribution in [3.8, 4) is 0 Å². The molecule has 2 N–H and O–H groups in total. The van der Waals surface area contributed by atoms with E-state index in [9.17, 15) is 23.3 Å². The van der Waals surface area contributed by atoms with Crippen LogP contribution in [0.25, 0.3) is 0 Å². The van der Waals surface area contributed by atoms with E-state index in [-0.39, 0.29) is 37.6 Å². The molecule has 0 aliphatic heterocycles. The van der Waals surface area contributed by atoms with Gasteiger partial charge in [-0.05, 0) is 49.4 Å². The molecule has 11 heteroatoms. The molecule has 8 nitrogen and oxygen atoms in total. The van der Waals surface area contributed by atoms with Crippen molar-refractivity contribution in [3.05, 3.63) is 92.0 Å². The molecular weight excluding hydrogens is 465 g/mol. The van der Waals surface area contributed by atoms with Crippen molar-refractivity contribution in [2.75, 3.05) is 10.0 Å². The summed E-state index contributed by atoms with van der Waals surface area (Å²) in [6.45, 7) is 1.52. The van der Waals surface area contributed by atoms with E-state index in [1.54, 1.807) is 0 Å². The highest BCUT2D eigenvalue weighted by Crippen LogP contribution is 2.27. The van der Waals surface area contributed by atoms with E-state index in [4.69, 9.17) is 23.2 Å². The number of amides is 1. The van der Waals surface area contributed by atoms with E-state index < -0.39 is 20.9 Å². The van der Waals surface area contributed by atoms with Gasteiger partial charge in [-0.15, -0.1) is 0 Å². The molecule has 0 saturated heterocycles. The van der Waals surface area contributed by atoms with Crippen LogP contribution in [0.3, 0.4) is 0 Å². The monoisotopic (exact) mass is 479 g/mol. The van der Waals surface area contributed by atoms with Gasteiger partial charge in [-0.25, -0.2) is 8.42 Å². The van der Waals surface area contributed by atoms with E-state index in [0.29, 0.717) is 5.56 Å². The fourth-order valence-corrected chi connectivity index (χ4v) is 4.17. The molecule has 1 amide bonds. The third-order valence-corrected chi connectivity index (χ3v) is 6.45. The van der Waals surface area contributed by atoms with Crippen LogP contribution in [0.2, 0.25) is 10.0 Å². The fourth-order valence-electron chi connectivity index (χ4n) is 2.73. The second-order valence-corrected chi connectivity index (χ2v) is 8.92. The molecule has 0 saturated carbocycles. The lowest BCUT2D eigenvalue weighted by Gasteiger charge is -2.11. The number of hydrogen-bond acceptors (Lipinski definition) is 5. The Hall–Kier alpha value is -3.14. The van der Waals surface area contributed by atoms with Crippen LogP contribution in [0, 0.1) is 17.0 Å². The molecule has 0 unspecified atom stereocenters. The molecule has 0 spiro atoms. The highest BCUT2D eigenvalue weighted by molar-refractivity contribution is 7.92. The van der Waals surface area contributed by atoms with Crippen molar-refractivity contribution in [1.82, 2.24) is 0 Å². The maximum Gasteiger partial charge on any atom is 0.274 e. The molecule has 0 heterocycles. The van der Waals surface area contributed by atoms with Gasteiger partial charge < -0.3 is 5.32 Å². The molecule has 0 radical (unpaired) electrons. The Morgan fingerprint density at radius 1 is 1.00 bits per heavy atom. The number of benzene rings is 3. The number of sulfonamides is 1. The first kappa shape index (κ1) is 22.5. The van der Waals surface area contributed by atoms with E-state index in [1.807, 2.05) is 0 Å². The lowest BCUT2D eigenvalue weighted by Crippen LogP contribution is -2.15. The number of nitro benzene ring substituents is 1. The fraction of sp³-hybridized carbons (Fsp3) is 0.0500. The average molecular weight is 480 g/mol. The van der Waals surface area contributed by atoms with Crippen molar-refractivity contribution in [1.29, 1.82) is 0 Å². The average Bonchev–Trinajstić information content (AvgIpc) is 2.71. The van der Waals surface area contributed by atoms with E-state index >= 15 is 0 Å². The Bertz CT molecular complexity index is 1300. The van der Waals surface area contributed by atoms with Gasteiger partial charge in [-0.3, -0.25) is 19.6 Å². The summed E-state index contributed by atoms with van der Waals surface area (Å²) < 4.78 is 27.6. The first-order valence-electron chi connectivity index (χ1n) is 8.72. The van der Waals surface area contributed by atoms with Gasteiger partial charge in [0.25, 0.3) is 21.6 Å². The van der Waals surface area contributed by atoms with Crippen molar-refractivity contribution in [3.63, 3.8) is 0 Å². The topological polar surface area (TPSA) is 118 Å². The zero-order valence-corrected chi connectivity index (χ0v) is 18.3. The quantitative estimate of drug-likeness (QED) is 0.368. The van der Waals surface area contributed by atoms with Gasteiger partial charge in [0.15, 0.2) is 0 Å². The Morgan fingerprint density at radius 2 is 1.71 bits per heavy atom. The molecule has 31 heavy (non-hydrogen) atoms.